The molecule has 4 heteroatoms. The third-order valence-electron chi connectivity index (χ3n) is 1.61. The summed E-state index contributed by atoms with van der Waals surface area (Å²) in [6.45, 7) is 0. The lowest BCUT2D eigenvalue weighted by atomic mass is 10.4. The fourth-order valence-corrected chi connectivity index (χ4v) is 1.60. The minimum atomic E-state index is 0.0990. The molecule has 0 aliphatic heterocycles. The van der Waals surface area contributed by atoms with Crippen LogP contribution in [0.15, 0.2) is 0 Å². The van der Waals surface area contributed by atoms with E-state index in [1.807, 2.05) is 0 Å². The monoisotopic (exact) mass is 255 g/mol. The summed E-state index contributed by atoms with van der Waals surface area (Å²) in [5, 5.41) is 1.29. The minimum Gasteiger partial charge on any atom is -0.275 e. The molecule has 0 N–H and O–H groups in total. The van der Waals surface area contributed by atoms with E-state index in [0.29, 0.717) is 3.92 Å². The molecule has 1 unspecified atom stereocenters. The summed E-state index contributed by atoms with van der Waals surface area (Å²) >= 11 is 2.28. The van der Waals surface area contributed by atoms with E-state index < -0.39 is 0 Å². The van der Waals surface area contributed by atoms with Crippen LogP contribution in [0.2, 0.25) is 0 Å². The second-order valence-electron chi connectivity index (χ2n) is 2.38. The van der Waals surface area contributed by atoms with Gasteiger partial charge in [0.1, 0.15) is 0 Å². The van der Waals surface area contributed by atoms with Crippen molar-refractivity contribution in [3.63, 3.8) is 0 Å². The van der Waals surface area contributed by atoms with Gasteiger partial charge in [-0.05, 0) is 6.42 Å². The third-order valence-corrected chi connectivity index (χ3v) is 2.99. The maximum atomic E-state index is 11.1. The molecule has 58 valence electrons. The van der Waals surface area contributed by atoms with Crippen molar-refractivity contribution in [1.29, 1.82) is 0 Å². The Hall–Kier alpha value is 0.160. The summed E-state index contributed by atoms with van der Waals surface area (Å²) in [7, 11) is 3.15. The van der Waals surface area contributed by atoms with Crippen LogP contribution in [0.1, 0.15) is 6.42 Å². The molecule has 0 spiro atoms. The largest absolute Gasteiger partial charge is 0.275 e. The quantitative estimate of drug-likeness (QED) is 0.415. The second-order valence-corrected chi connectivity index (χ2v) is 3.98. The van der Waals surface area contributed by atoms with Crippen LogP contribution in [-0.4, -0.2) is 29.1 Å². The molecule has 10 heavy (non-hydrogen) atoms. The highest BCUT2D eigenvalue weighted by Gasteiger charge is 2.42. The summed E-state index contributed by atoms with van der Waals surface area (Å²) in [6.07, 6.45) is 1.01. The predicted octanol–water partition coefficient (Wildman–Crippen LogP) is 0.830. The Morgan fingerprint density at radius 2 is 2.30 bits per heavy atom. The number of hydrogen-bond acceptors (Lipinski definition) is 2. The zero-order valence-electron chi connectivity index (χ0n) is 6.00. The molecule has 2 atom stereocenters. The Balaban J connectivity index is 2.35. The maximum Gasteiger partial charge on any atom is 0.250 e. The average Bonchev–Trinajstić information content (AvgIpc) is 2.63. The Morgan fingerprint density at radius 3 is 2.60 bits per heavy atom. The molecule has 1 aliphatic carbocycles. The van der Waals surface area contributed by atoms with Gasteiger partial charge < -0.3 is 0 Å². The highest BCUT2D eigenvalue weighted by molar-refractivity contribution is 14.1. The molecule has 1 aliphatic rings. The molecule has 0 radical (unpaired) electrons. The number of hydrogen-bond donors (Lipinski definition) is 0. The smallest absolute Gasteiger partial charge is 0.250 e. The normalized spacial score (nSPS) is 29.9. The van der Waals surface area contributed by atoms with E-state index in [4.69, 9.17) is 4.84 Å². The lowest BCUT2D eigenvalue weighted by molar-refractivity contribution is -0.170. The Morgan fingerprint density at radius 1 is 1.80 bits per heavy atom. The van der Waals surface area contributed by atoms with Gasteiger partial charge in [-0.25, -0.2) is 5.06 Å². The van der Waals surface area contributed by atoms with Crippen molar-refractivity contribution in [3.8, 4) is 0 Å². The summed E-state index contributed by atoms with van der Waals surface area (Å²) in [5.41, 5.74) is 0. The van der Waals surface area contributed by atoms with Gasteiger partial charge in [-0.3, -0.25) is 9.63 Å². The van der Waals surface area contributed by atoms with E-state index in [0.717, 1.165) is 6.42 Å². The number of halogens is 1. The first-order valence-electron chi connectivity index (χ1n) is 3.12. The van der Waals surface area contributed by atoms with Crippen molar-refractivity contribution >= 4 is 28.5 Å². The van der Waals surface area contributed by atoms with Gasteiger partial charge in [-0.2, -0.15) is 0 Å². The standard InChI is InChI=1S/C6H10INO2/c1-8(10-2)6(9)4-3-5(4)7/h4-5H,3H2,1-2H3/t4-,5?/m1/s1. The van der Waals surface area contributed by atoms with E-state index in [2.05, 4.69) is 22.6 Å². The molecule has 1 fully saturated rings. The minimum absolute atomic E-state index is 0.0990. The van der Waals surface area contributed by atoms with Crippen molar-refractivity contribution in [2.45, 2.75) is 10.3 Å². The van der Waals surface area contributed by atoms with Crippen molar-refractivity contribution < 1.29 is 9.63 Å². The Bertz CT molecular complexity index is 145. The first-order chi connectivity index (χ1) is 4.66. The van der Waals surface area contributed by atoms with Crippen LogP contribution in [0.3, 0.4) is 0 Å². The van der Waals surface area contributed by atoms with Gasteiger partial charge in [0, 0.05) is 11.0 Å². The van der Waals surface area contributed by atoms with Gasteiger partial charge in [0.05, 0.1) is 13.0 Å². The van der Waals surface area contributed by atoms with Crippen LogP contribution in [0.25, 0.3) is 0 Å². The topological polar surface area (TPSA) is 29.5 Å². The Labute approximate surface area is 73.8 Å². The molecule has 0 bridgehead atoms. The van der Waals surface area contributed by atoms with Crippen LogP contribution in [0.5, 0.6) is 0 Å². The number of carbonyl (C=O) groups excluding carboxylic acids is 1. The lowest BCUT2D eigenvalue weighted by Crippen LogP contribution is -2.27. The van der Waals surface area contributed by atoms with Crippen LogP contribution >= 0.6 is 22.6 Å². The van der Waals surface area contributed by atoms with Crippen LogP contribution in [-0.2, 0) is 9.63 Å². The zero-order valence-corrected chi connectivity index (χ0v) is 8.16. The molecule has 0 aromatic heterocycles. The summed E-state index contributed by atoms with van der Waals surface area (Å²) < 4.78 is 0.530. The Kier molecular flexibility index (Phi) is 2.51. The van der Waals surface area contributed by atoms with Gasteiger partial charge in [-0.1, -0.05) is 22.6 Å². The molecule has 0 aromatic rings. The van der Waals surface area contributed by atoms with Gasteiger partial charge >= 0.3 is 0 Å². The number of amides is 1. The molecule has 0 aromatic carbocycles. The van der Waals surface area contributed by atoms with Crippen molar-refractivity contribution in [1.82, 2.24) is 5.06 Å². The number of nitrogens with zero attached hydrogens (tertiary/aromatic N) is 1. The molecular formula is C6H10INO2. The van der Waals surface area contributed by atoms with Crippen molar-refractivity contribution in [3.05, 3.63) is 0 Å². The zero-order chi connectivity index (χ0) is 7.72. The second kappa shape index (κ2) is 3.04. The summed E-state index contributed by atoms with van der Waals surface area (Å²) in [5.74, 6) is 0.312. The van der Waals surface area contributed by atoms with Crippen LogP contribution in [0, 0.1) is 5.92 Å². The highest BCUT2D eigenvalue weighted by Crippen LogP contribution is 2.39. The molecule has 1 rings (SSSR count). The number of alkyl halides is 1. The highest BCUT2D eigenvalue weighted by atomic mass is 127. The van der Waals surface area contributed by atoms with Crippen molar-refractivity contribution in [2.75, 3.05) is 14.2 Å². The third kappa shape index (κ3) is 1.60. The average molecular weight is 255 g/mol. The van der Waals surface area contributed by atoms with E-state index in [-0.39, 0.29) is 11.8 Å². The molecular weight excluding hydrogens is 245 g/mol. The van der Waals surface area contributed by atoms with Crippen LogP contribution in [0.4, 0.5) is 0 Å². The lowest BCUT2D eigenvalue weighted by Gasteiger charge is -2.12. The van der Waals surface area contributed by atoms with Gasteiger partial charge in [0.2, 0.25) is 5.91 Å². The number of carbonyl (C=O) groups is 1. The number of hydroxylamine groups is 2. The SMILES string of the molecule is CON(C)C(=O)[C@@H]1CC1I. The first-order valence-corrected chi connectivity index (χ1v) is 4.37. The van der Waals surface area contributed by atoms with Crippen molar-refractivity contribution in [2.24, 2.45) is 5.92 Å². The molecule has 0 saturated heterocycles. The van der Waals surface area contributed by atoms with E-state index in [1.54, 1.807) is 7.05 Å². The van der Waals surface area contributed by atoms with Gasteiger partial charge in [-0.15, -0.1) is 0 Å². The fourth-order valence-electron chi connectivity index (χ4n) is 0.743. The predicted molar refractivity (Wildman–Crippen MR) is 45.7 cm³/mol. The van der Waals surface area contributed by atoms with Crippen LogP contribution < -0.4 is 0 Å². The number of rotatable bonds is 2. The maximum absolute atomic E-state index is 11.1. The first kappa shape index (κ1) is 8.26. The molecule has 1 saturated carbocycles. The molecule has 1 amide bonds. The van der Waals surface area contributed by atoms with E-state index >= 15 is 0 Å². The molecule has 3 nitrogen and oxygen atoms in total. The van der Waals surface area contributed by atoms with Gasteiger partial charge in [0.25, 0.3) is 0 Å². The summed E-state index contributed by atoms with van der Waals surface area (Å²) in [6, 6.07) is 0. The molecule has 0 heterocycles. The van der Waals surface area contributed by atoms with Gasteiger partial charge in [0.15, 0.2) is 0 Å². The fraction of sp³-hybridized carbons (Fsp3) is 0.833. The van der Waals surface area contributed by atoms with E-state index in [9.17, 15) is 4.79 Å². The van der Waals surface area contributed by atoms with E-state index in [1.165, 1.54) is 12.2 Å². The summed E-state index contributed by atoms with van der Waals surface area (Å²) in [4.78, 5) is 15.9.